The maximum absolute atomic E-state index is 15.2. The van der Waals surface area contributed by atoms with Gasteiger partial charge in [0.2, 0.25) is 12.0 Å². The fourth-order valence-electron chi connectivity index (χ4n) is 3.07. The normalized spacial score (nSPS) is 17.5. The number of carbonyl (C=O) groups excluding carboxylic acids is 2. The van der Waals surface area contributed by atoms with Crippen molar-refractivity contribution < 1.29 is 28.0 Å². The molecule has 26 heavy (non-hydrogen) atoms. The number of morpholine rings is 1. The molecule has 1 aromatic heterocycles. The van der Waals surface area contributed by atoms with Gasteiger partial charge in [0.1, 0.15) is 0 Å². The zero-order valence-electron chi connectivity index (χ0n) is 14.6. The van der Waals surface area contributed by atoms with Crippen molar-refractivity contribution in [2.45, 2.75) is 13.0 Å². The molecule has 1 aliphatic heterocycles. The molecule has 1 amide bonds. The van der Waals surface area contributed by atoms with E-state index in [0.717, 1.165) is 0 Å². The molecule has 9 heteroatoms. The van der Waals surface area contributed by atoms with E-state index in [0.29, 0.717) is 32.4 Å². The molecule has 2 aromatic rings. The van der Waals surface area contributed by atoms with Crippen LogP contribution >= 0.6 is 0 Å². The Labute approximate surface area is 149 Å². The van der Waals surface area contributed by atoms with E-state index in [9.17, 15) is 9.59 Å². The van der Waals surface area contributed by atoms with Crippen molar-refractivity contribution in [1.29, 1.82) is 0 Å². The molecule has 2 heterocycles. The minimum atomic E-state index is -0.671. The molecule has 3 rings (SSSR count). The van der Waals surface area contributed by atoms with Crippen molar-refractivity contribution in [3.63, 3.8) is 0 Å². The van der Waals surface area contributed by atoms with Crippen molar-refractivity contribution in [2.24, 2.45) is 0 Å². The lowest BCUT2D eigenvalue weighted by atomic mass is 10.1. The van der Waals surface area contributed by atoms with Crippen LogP contribution in [0.15, 0.2) is 10.6 Å². The van der Waals surface area contributed by atoms with E-state index >= 15 is 4.39 Å². The molecule has 1 atom stereocenters. The van der Waals surface area contributed by atoms with E-state index in [1.807, 2.05) is 6.92 Å². The van der Waals surface area contributed by atoms with Crippen LogP contribution in [0.5, 0.6) is 0 Å². The first-order valence-corrected chi connectivity index (χ1v) is 8.25. The highest BCUT2D eigenvalue weighted by Gasteiger charge is 2.28. The van der Waals surface area contributed by atoms with Gasteiger partial charge in [-0.3, -0.25) is 14.5 Å². The lowest BCUT2D eigenvalue weighted by Crippen LogP contribution is -2.42. The second-order valence-corrected chi connectivity index (χ2v) is 6.05. The molecule has 0 aliphatic carbocycles. The highest BCUT2D eigenvalue weighted by Crippen LogP contribution is 2.36. The smallest absolute Gasteiger partial charge is 0.215 e. The Bertz CT molecular complexity index is 809. The van der Waals surface area contributed by atoms with Crippen LogP contribution in [-0.2, 0) is 14.3 Å². The van der Waals surface area contributed by atoms with Crippen LogP contribution < -0.4 is 9.80 Å². The Balaban J connectivity index is 2.08. The standard InChI is InChI=1S/C17H20FN3O5/c1-11-8-20(4-6-25-11)15-12(9-22)7-13-16(14(15)18)26-19-17(13)21(10-23)3-5-24-2/h7,9-11H,3-6,8H2,1-2H3. The fraction of sp³-hybridized carbons (Fsp3) is 0.471. The van der Waals surface area contributed by atoms with E-state index < -0.39 is 5.82 Å². The second-order valence-electron chi connectivity index (χ2n) is 6.05. The van der Waals surface area contributed by atoms with Crippen molar-refractivity contribution in [2.75, 3.05) is 49.8 Å². The lowest BCUT2D eigenvalue weighted by Gasteiger charge is -2.33. The van der Waals surface area contributed by atoms with Crippen LogP contribution in [0, 0.1) is 5.82 Å². The van der Waals surface area contributed by atoms with Gasteiger partial charge in [-0.15, -0.1) is 0 Å². The summed E-state index contributed by atoms with van der Waals surface area (Å²) in [6.45, 7) is 3.74. The number of nitrogens with zero attached hydrogens (tertiary/aromatic N) is 3. The minimum Gasteiger partial charge on any atom is -0.383 e. The molecule has 0 saturated carbocycles. The third-order valence-corrected chi connectivity index (χ3v) is 4.31. The Morgan fingerprint density at radius 1 is 1.50 bits per heavy atom. The third-order valence-electron chi connectivity index (χ3n) is 4.31. The number of benzene rings is 1. The maximum Gasteiger partial charge on any atom is 0.215 e. The number of ether oxygens (including phenoxy) is 2. The van der Waals surface area contributed by atoms with Crippen LogP contribution in [-0.4, -0.2) is 63.9 Å². The SMILES string of the molecule is COCCN(C=O)c1noc2c(F)c(N3CCOC(C)C3)c(C=O)cc12. The molecule has 1 unspecified atom stereocenters. The van der Waals surface area contributed by atoms with Crippen molar-refractivity contribution in [3.05, 3.63) is 17.4 Å². The van der Waals surface area contributed by atoms with Crippen LogP contribution in [0.2, 0.25) is 0 Å². The highest BCUT2D eigenvalue weighted by atomic mass is 19.1. The Hall–Kier alpha value is -2.52. The summed E-state index contributed by atoms with van der Waals surface area (Å²) in [7, 11) is 1.50. The number of amides is 1. The van der Waals surface area contributed by atoms with Gasteiger partial charge in [0.05, 0.1) is 36.9 Å². The number of aromatic nitrogens is 1. The predicted molar refractivity (Wildman–Crippen MR) is 92.3 cm³/mol. The average Bonchev–Trinajstić information content (AvgIpc) is 3.06. The number of halogens is 1. The van der Waals surface area contributed by atoms with Gasteiger partial charge in [0.15, 0.2) is 17.9 Å². The summed E-state index contributed by atoms with van der Waals surface area (Å²) in [5.74, 6) is -0.522. The van der Waals surface area contributed by atoms with Crippen LogP contribution in [0.25, 0.3) is 11.0 Å². The van der Waals surface area contributed by atoms with Gasteiger partial charge in [-0.1, -0.05) is 5.16 Å². The number of hydrogen-bond acceptors (Lipinski definition) is 7. The molecule has 0 radical (unpaired) electrons. The largest absolute Gasteiger partial charge is 0.383 e. The van der Waals surface area contributed by atoms with E-state index in [4.69, 9.17) is 14.0 Å². The Kier molecular flexibility index (Phi) is 5.48. The van der Waals surface area contributed by atoms with Crippen LogP contribution in [0.3, 0.4) is 0 Å². The van der Waals surface area contributed by atoms with E-state index in [-0.39, 0.29) is 47.3 Å². The molecule has 1 saturated heterocycles. The van der Waals surface area contributed by atoms with E-state index in [1.54, 1.807) is 4.90 Å². The molecule has 1 aliphatic rings. The number of methoxy groups -OCH3 is 1. The van der Waals surface area contributed by atoms with Gasteiger partial charge in [-0.25, -0.2) is 4.39 Å². The quantitative estimate of drug-likeness (QED) is 0.689. The first-order chi connectivity index (χ1) is 12.6. The van der Waals surface area contributed by atoms with Crippen LogP contribution in [0.4, 0.5) is 15.9 Å². The third kappa shape index (κ3) is 3.27. The summed E-state index contributed by atoms with van der Waals surface area (Å²) < 4.78 is 30.7. The summed E-state index contributed by atoms with van der Waals surface area (Å²) in [5.41, 5.74) is 0.245. The number of carbonyl (C=O) groups is 2. The first kappa shape index (κ1) is 18.3. The van der Waals surface area contributed by atoms with Gasteiger partial charge in [-0.2, -0.15) is 0 Å². The second kappa shape index (κ2) is 7.79. The molecule has 0 bridgehead atoms. The van der Waals surface area contributed by atoms with Gasteiger partial charge in [-0.05, 0) is 13.0 Å². The summed E-state index contributed by atoms with van der Waals surface area (Å²) in [6.07, 6.45) is 1.07. The number of rotatable bonds is 7. The monoisotopic (exact) mass is 365 g/mol. The first-order valence-electron chi connectivity index (χ1n) is 8.25. The molecule has 0 N–H and O–H groups in total. The van der Waals surface area contributed by atoms with Gasteiger partial charge < -0.3 is 18.9 Å². The van der Waals surface area contributed by atoms with Crippen molar-refractivity contribution in [1.82, 2.24) is 5.16 Å². The molecular formula is C17H20FN3O5. The predicted octanol–water partition coefficient (Wildman–Crippen LogP) is 1.61. The molecule has 1 fully saturated rings. The summed E-state index contributed by atoms with van der Waals surface area (Å²) >= 11 is 0. The number of aldehydes is 1. The van der Waals surface area contributed by atoms with Gasteiger partial charge >= 0.3 is 0 Å². The summed E-state index contributed by atoms with van der Waals surface area (Å²) in [5, 5.41) is 4.08. The number of anilines is 2. The topological polar surface area (TPSA) is 85.1 Å². The van der Waals surface area contributed by atoms with Crippen molar-refractivity contribution >= 4 is 35.2 Å². The summed E-state index contributed by atoms with van der Waals surface area (Å²) in [4.78, 5) is 26.0. The fourth-order valence-corrected chi connectivity index (χ4v) is 3.07. The van der Waals surface area contributed by atoms with E-state index in [2.05, 4.69) is 5.16 Å². The van der Waals surface area contributed by atoms with E-state index in [1.165, 1.54) is 18.1 Å². The molecule has 0 spiro atoms. The summed E-state index contributed by atoms with van der Waals surface area (Å²) in [6, 6.07) is 1.50. The molecule has 140 valence electrons. The molecule has 1 aromatic carbocycles. The number of hydrogen-bond donors (Lipinski definition) is 0. The van der Waals surface area contributed by atoms with Crippen LogP contribution in [0.1, 0.15) is 17.3 Å². The van der Waals surface area contributed by atoms with Gasteiger partial charge in [0.25, 0.3) is 0 Å². The minimum absolute atomic E-state index is 0.0803. The maximum atomic E-state index is 15.2. The highest BCUT2D eigenvalue weighted by molar-refractivity contribution is 6.01. The zero-order valence-corrected chi connectivity index (χ0v) is 14.6. The Morgan fingerprint density at radius 3 is 2.96 bits per heavy atom. The zero-order chi connectivity index (χ0) is 18.7. The van der Waals surface area contributed by atoms with Gasteiger partial charge in [0, 0.05) is 25.8 Å². The molecule has 8 nitrogen and oxygen atoms in total. The molecular weight excluding hydrogens is 345 g/mol. The average molecular weight is 365 g/mol. The van der Waals surface area contributed by atoms with Crippen molar-refractivity contribution in [3.8, 4) is 0 Å². The lowest BCUT2D eigenvalue weighted by molar-refractivity contribution is -0.107. The Morgan fingerprint density at radius 2 is 2.31 bits per heavy atom. The number of fused-ring (bicyclic) bond motifs is 1.